The van der Waals surface area contributed by atoms with Crippen LogP contribution in [0.4, 0.5) is 4.79 Å². The topological polar surface area (TPSA) is 100 Å². The lowest BCUT2D eigenvalue weighted by Crippen LogP contribution is -2.52. The van der Waals surface area contributed by atoms with E-state index < -0.39 is 0 Å². The first-order chi connectivity index (χ1) is 12.2. The molecule has 1 saturated heterocycles. The first-order valence-electron chi connectivity index (χ1n) is 8.60. The third-order valence-corrected chi connectivity index (χ3v) is 5.61. The molecule has 2 amide bonds. The molecule has 1 N–H and O–H groups in total. The summed E-state index contributed by atoms with van der Waals surface area (Å²) < 4.78 is 5.29. The van der Waals surface area contributed by atoms with Gasteiger partial charge in [0.1, 0.15) is 16.1 Å². The molecular formula is C16H25N7O2S. The quantitative estimate of drug-likeness (QED) is 0.866. The van der Waals surface area contributed by atoms with Crippen molar-refractivity contribution in [1.29, 1.82) is 0 Å². The summed E-state index contributed by atoms with van der Waals surface area (Å²) in [6.07, 6.45) is 0. The van der Waals surface area contributed by atoms with Crippen molar-refractivity contribution in [2.45, 2.75) is 45.7 Å². The Balaban J connectivity index is 1.58. The number of carbonyl (C=O) groups excluding carboxylic acids is 1. The van der Waals surface area contributed by atoms with Crippen molar-refractivity contribution in [2.24, 2.45) is 0 Å². The number of urea groups is 1. The fraction of sp³-hybridized carbons (Fsp3) is 0.688. The van der Waals surface area contributed by atoms with Gasteiger partial charge in [0, 0.05) is 25.0 Å². The highest BCUT2D eigenvalue weighted by Crippen LogP contribution is 2.25. The van der Waals surface area contributed by atoms with E-state index in [1.54, 1.807) is 11.8 Å². The second kappa shape index (κ2) is 7.28. The highest BCUT2D eigenvalue weighted by molar-refractivity contribution is 7.11. The molecule has 0 saturated carbocycles. The van der Waals surface area contributed by atoms with E-state index in [-0.39, 0.29) is 17.5 Å². The number of hydrogen-bond donors (Lipinski definition) is 1. The van der Waals surface area contributed by atoms with E-state index in [1.807, 2.05) is 7.05 Å². The molecule has 3 heterocycles. The van der Waals surface area contributed by atoms with Crippen LogP contribution < -0.4 is 5.32 Å². The molecule has 1 aliphatic rings. The summed E-state index contributed by atoms with van der Waals surface area (Å²) in [6, 6.07) is -0.212. The summed E-state index contributed by atoms with van der Waals surface area (Å²) >= 11 is 1.53. The molecule has 142 valence electrons. The molecule has 10 heteroatoms. The second-order valence-corrected chi connectivity index (χ2v) is 8.59. The number of rotatable bonds is 3. The molecule has 0 radical (unpaired) electrons. The average Bonchev–Trinajstić information content (AvgIpc) is 3.21. The third-order valence-electron chi connectivity index (χ3n) is 4.26. The molecular weight excluding hydrogens is 354 g/mol. The molecule has 1 aliphatic heterocycles. The van der Waals surface area contributed by atoms with Gasteiger partial charge in [-0.05, 0) is 14.0 Å². The van der Waals surface area contributed by atoms with Gasteiger partial charge < -0.3 is 14.7 Å². The Kier molecular flexibility index (Phi) is 5.24. The largest absolute Gasteiger partial charge is 0.338 e. The van der Waals surface area contributed by atoms with Crippen LogP contribution in [0, 0.1) is 6.92 Å². The van der Waals surface area contributed by atoms with Gasteiger partial charge in [-0.3, -0.25) is 4.90 Å². The molecule has 1 fully saturated rings. The maximum Gasteiger partial charge on any atom is 0.317 e. The van der Waals surface area contributed by atoms with E-state index in [0.29, 0.717) is 31.3 Å². The van der Waals surface area contributed by atoms with Gasteiger partial charge in [-0.25, -0.2) is 4.79 Å². The van der Waals surface area contributed by atoms with Gasteiger partial charge in [0.2, 0.25) is 5.89 Å². The predicted octanol–water partition coefficient (Wildman–Crippen LogP) is 1.73. The smallest absolute Gasteiger partial charge is 0.317 e. The minimum atomic E-state index is -0.119. The minimum Gasteiger partial charge on any atom is -0.338 e. The lowest BCUT2D eigenvalue weighted by molar-refractivity contribution is 0.0910. The zero-order valence-corrected chi connectivity index (χ0v) is 16.6. The summed E-state index contributed by atoms with van der Waals surface area (Å²) in [6.45, 7) is 10.4. The SMILES string of the molecule is Cc1noc([C@H]2CN(C(=O)NCc3nnc(C(C)(C)C)s3)CCN2C)n1. The third kappa shape index (κ3) is 4.18. The highest BCUT2D eigenvalue weighted by atomic mass is 32.1. The lowest BCUT2D eigenvalue weighted by atomic mass is 9.98. The summed E-state index contributed by atoms with van der Waals surface area (Å²) in [7, 11) is 1.99. The minimum absolute atomic E-state index is 0.0349. The molecule has 0 aliphatic carbocycles. The summed E-state index contributed by atoms with van der Waals surface area (Å²) in [4.78, 5) is 20.7. The maximum atomic E-state index is 12.5. The van der Waals surface area contributed by atoms with Gasteiger partial charge >= 0.3 is 6.03 Å². The molecule has 2 aromatic heterocycles. The molecule has 9 nitrogen and oxygen atoms in total. The Hall–Kier alpha value is -2.07. The van der Waals surface area contributed by atoms with Crippen LogP contribution in [0.2, 0.25) is 0 Å². The average molecular weight is 379 g/mol. The van der Waals surface area contributed by atoms with Crippen molar-refractivity contribution in [3.05, 3.63) is 21.7 Å². The van der Waals surface area contributed by atoms with Crippen LogP contribution in [0.15, 0.2) is 4.52 Å². The summed E-state index contributed by atoms with van der Waals surface area (Å²) in [5, 5.41) is 16.9. The van der Waals surface area contributed by atoms with Crippen molar-refractivity contribution in [1.82, 2.24) is 35.5 Å². The number of carbonyl (C=O) groups is 1. The Bertz CT molecular complexity index is 767. The number of hydrogen-bond acceptors (Lipinski definition) is 8. The number of aryl methyl sites for hydroxylation is 1. The van der Waals surface area contributed by atoms with Crippen molar-refractivity contribution < 1.29 is 9.32 Å². The molecule has 0 unspecified atom stereocenters. The first kappa shape index (κ1) is 18.7. The normalized spacial score (nSPS) is 19.0. The van der Waals surface area contributed by atoms with Gasteiger partial charge in [-0.2, -0.15) is 4.98 Å². The number of amides is 2. The van der Waals surface area contributed by atoms with Gasteiger partial charge in [0.25, 0.3) is 0 Å². The highest BCUT2D eigenvalue weighted by Gasteiger charge is 2.32. The zero-order valence-electron chi connectivity index (χ0n) is 15.8. The Morgan fingerprint density at radius 2 is 2.12 bits per heavy atom. The van der Waals surface area contributed by atoms with E-state index in [0.717, 1.165) is 16.6 Å². The van der Waals surface area contributed by atoms with Crippen LogP contribution in [-0.2, 0) is 12.0 Å². The molecule has 2 aromatic rings. The van der Waals surface area contributed by atoms with E-state index >= 15 is 0 Å². The molecule has 0 spiro atoms. The van der Waals surface area contributed by atoms with Crippen LogP contribution in [-0.4, -0.2) is 62.9 Å². The number of nitrogens with zero attached hydrogens (tertiary/aromatic N) is 6. The fourth-order valence-corrected chi connectivity index (χ4v) is 3.50. The molecule has 0 bridgehead atoms. The van der Waals surface area contributed by atoms with Crippen molar-refractivity contribution in [2.75, 3.05) is 26.7 Å². The number of likely N-dealkylation sites (N-methyl/N-ethyl adjacent to an activating group) is 1. The Morgan fingerprint density at radius 1 is 1.35 bits per heavy atom. The Morgan fingerprint density at radius 3 is 2.73 bits per heavy atom. The van der Waals surface area contributed by atoms with E-state index in [9.17, 15) is 4.79 Å². The zero-order chi connectivity index (χ0) is 18.9. The van der Waals surface area contributed by atoms with Crippen LogP contribution in [0.5, 0.6) is 0 Å². The lowest BCUT2D eigenvalue weighted by Gasteiger charge is -2.37. The fourth-order valence-electron chi connectivity index (χ4n) is 2.66. The number of nitrogens with one attached hydrogen (secondary N) is 1. The maximum absolute atomic E-state index is 12.5. The predicted molar refractivity (Wildman–Crippen MR) is 96.8 cm³/mol. The van der Waals surface area contributed by atoms with Gasteiger partial charge in [0.15, 0.2) is 5.82 Å². The monoisotopic (exact) mass is 379 g/mol. The van der Waals surface area contributed by atoms with Crippen molar-refractivity contribution in [3.8, 4) is 0 Å². The molecule has 3 rings (SSSR count). The van der Waals surface area contributed by atoms with Crippen LogP contribution >= 0.6 is 11.3 Å². The standard InChI is InChI=1S/C16H25N7O2S/c1-10-18-13(25-21-10)11-9-23(7-6-22(11)5)15(24)17-8-12-19-20-14(26-12)16(2,3)4/h11H,6-9H2,1-5H3,(H,17,24)/t11-/m1/s1. The van der Waals surface area contributed by atoms with Gasteiger partial charge in [0.05, 0.1) is 6.54 Å². The van der Waals surface area contributed by atoms with Gasteiger partial charge in [-0.1, -0.05) is 37.3 Å². The van der Waals surface area contributed by atoms with Crippen LogP contribution in [0.25, 0.3) is 0 Å². The molecule has 1 atom stereocenters. The van der Waals surface area contributed by atoms with Crippen LogP contribution in [0.1, 0.15) is 48.5 Å². The summed E-state index contributed by atoms with van der Waals surface area (Å²) in [5.41, 5.74) is -0.0349. The van der Waals surface area contributed by atoms with E-state index in [4.69, 9.17) is 4.52 Å². The number of piperazine rings is 1. The molecule has 0 aromatic carbocycles. The second-order valence-electron chi connectivity index (χ2n) is 7.53. The number of aromatic nitrogens is 4. The van der Waals surface area contributed by atoms with Gasteiger partial charge in [-0.15, -0.1) is 10.2 Å². The van der Waals surface area contributed by atoms with Crippen LogP contribution in [0.3, 0.4) is 0 Å². The van der Waals surface area contributed by atoms with Crippen molar-refractivity contribution in [3.63, 3.8) is 0 Å². The van der Waals surface area contributed by atoms with Crippen molar-refractivity contribution >= 4 is 17.4 Å². The first-order valence-corrected chi connectivity index (χ1v) is 9.42. The summed E-state index contributed by atoms with van der Waals surface area (Å²) in [5.74, 6) is 1.14. The van der Waals surface area contributed by atoms with E-state index in [2.05, 4.69) is 51.3 Å². The van der Waals surface area contributed by atoms with E-state index in [1.165, 1.54) is 11.3 Å². The Labute approximate surface area is 156 Å². The molecule has 26 heavy (non-hydrogen) atoms.